The Morgan fingerprint density at radius 3 is 2.58 bits per heavy atom. The second kappa shape index (κ2) is 7.31. The van der Waals surface area contributed by atoms with Gasteiger partial charge in [0, 0.05) is 18.3 Å². The molecule has 2 rings (SSSR count). The van der Waals surface area contributed by atoms with Gasteiger partial charge in [0.05, 0.1) is 0 Å². The lowest BCUT2D eigenvalue weighted by Crippen LogP contribution is -2.05. The number of ether oxygens (including phenoxy) is 1. The van der Waals surface area contributed by atoms with Gasteiger partial charge in [-0.05, 0) is 30.5 Å². The molecular formula is C16H17NO2. The number of aryl methyl sites for hydroxylation is 1. The van der Waals surface area contributed by atoms with Crippen molar-refractivity contribution in [3.8, 4) is 0 Å². The molecule has 0 radical (unpaired) electrons. The van der Waals surface area contributed by atoms with Crippen LogP contribution in [-0.2, 0) is 22.6 Å². The molecule has 3 nitrogen and oxygen atoms in total. The second-order valence-corrected chi connectivity index (χ2v) is 4.32. The molecule has 0 fully saturated rings. The van der Waals surface area contributed by atoms with E-state index < -0.39 is 0 Å². The summed E-state index contributed by atoms with van der Waals surface area (Å²) >= 11 is 0. The molecule has 1 heterocycles. The molecule has 0 amide bonds. The zero-order valence-corrected chi connectivity index (χ0v) is 10.8. The highest BCUT2D eigenvalue weighted by Crippen LogP contribution is 2.05. The van der Waals surface area contributed by atoms with Crippen LogP contribution in [0.2, 0.25) is 0 Å². The van der Waals surface area contributed by atoms with Crippen LogP contribution >= 0.6 is 0 Å². The van der Waals surface area contributed by atoms with Crippen molar-refractivity contribution in [2.75, 3.05) is 0 Å². The summed E-state index contributed by atoms with van der Waals surface area (Å²) in [5.74, 6) is -0.153. The minimum absolute atomic E-state index is 0.153. The fourth-order valence-electron chi connectivity index (χ4n) is 1.77. The van der Waals surface area contributed by atoms with Crippen LogP contribution in [0, 0.1) is 0 Å². The van der Waals surface area contributed by atoms with Gasteiger partial charge in [0.2, 0.25) is 0 Å². The summed E-state index contributed by atoms with van der Waals surface area (Å²) < 4.78 is 5.21. The van der Waals surface area contributed by atoms with E-state index >= 15 is 0 Å². The molecule has 98 valence electrons. The smallest absolute Gasteiger partial charge is 0.306 e. The van der Waals surface area contributed by atoms with E-state index in [1.165, 1.54) is 0 Å². The van der Waals surface area contributed by atoms with E-state index in [-0.39, 0.29) is 5.97 Å². The van der Waals surface area contributed by atoms with Crippen LogP contribution in [0.5, 0.6) is 0 Å². The summed E-state index contributed by atoms with van der Waals surface area (Å²) in [7, 11) is 0. The molecule has 19 heavy (non-hydrogen) atoms. The first-order valence-corrected chi connectivity index (χ1v) is 6.44. The third-order valence-corrected chi connectivity index (χ3v) is 2.78. The zero-order valence-electron chi connectivity index (χ0n) is 10.8. The molecule has 0 aliphatic carbocycles. The molecule has 0 aliphatic heterocycles. The van der Waals surface area contributed by atoms with E-state index in [4.69, 9.17) is 4.74 Å². The number of carbonyl (C=O) groups excluding carboxylic acids is 1. The summed E-state index contributed by atoms with van der Waals surface area (Å²) in [5.41, 5.74) is 2.03. The number of esters is 1. The van der Waals surface area contributed by atoms with E-state index in [0.29, 0.717) is 13.0 Å². The third-order valence-electron chi connectivity index (χ3n) is 2.78. The molecule has 0 aliphatic rings. The second-order valence-electron chi connectivity index (χ2n) is 4.32. The summed E-state index contributed by atoms with van der Waals surface area (Å²) in [4.78, 5) is 15.8. The predicted molar refractivity (Wildman–Crippen MR) is 73.4 cm³/mol. The third kappa shape index (κ3) is 4.92. The largest absolute Gasteiger partial charge is 0.461 e. The molecule has 3 heteroatoms. The molecule has 0 atom stereocenters. The standard InChI is InChI=1S/C16H17NO2/c18-16(19-13-14-7-2-1-3-8-14)11-6-10-15-9-4-5-12-17-15/h1-5,7-9,12H,6,10-11,13H2. The van der Waals surface area contributed by atoms with Crippen molar-refractivity contribution in [2.24, 2.45) is 0 Å². The molecule has 0 unspecified atom stereocenters. The molecule has 0 spiro atoms. The number of rotatable bonds is 6. The minimum Gasteiger partial charge on any atom is -0.461 e. The van der Waals surface area contributed by atoms with E-state index in [2.05, 4.69) is 4.98 Å². The van der Waals surface area contributed by atoms with Gasteiger partial charge in [0.25, 0.3) is 0 Å². The number of carbonyl (C=O) groups is 1. The molecule has 0 saturated heterocycles. The Morgan fingerprint density at radius 1 is 1.05 bits per heavy atom. The number of hydrogen-bond acceptors (Lipinski definition) is 3. The minimum atomic E-state index is -0.153. The number of aromatic nitrogens is 1. The van der Waals surface area contributed by atoms with Crippen LogP contribution in [0.4, 0.5) is 0 Å². The molecule has 0 saturated carbocycles. The van der Waals surface area contributed by atoms with Crippen molar-refractivity contribution in [1.29, 1.82) is 0 Å². The van der Waals surface area contributed by atoms with Gasteiger partial charge in [0.1, 0.15) is 6.61 Å². The summed E-state index contributed by atoms with van der Waals surface area (Å²) in [6, 6.07) is 15.5. The van der Waals surface area contributed by atoms with E-state index in [1.54, 1.807) is 6.20 Å². The van der Waals surface area contributed by atoms with Crippen LogP contribution in [0.3, 0.4) is 0 Å². The highest BCUT2D eigenvalue weighted by molar-refractivity contribution is 5.69. The van der Waals surface area contributed by atoms with Crippen molar-refractivity contribution in [1.82, 2.24) is 4.98 Å². The Labute approximate surface area is 113 Å². The lowest BCUT2D eigenvalue weighted by molar-refractivity contribution is -0.145. The van der Waals surface area contributed by atoms with Crippen LogP contribution in [0.25, 0.3) is 0 Å². The maximum absolute atomic E-state index is 11.6. The number of benzene rings is 1. The Bertz CT molecular complexity index is 497. The fraction of sp³-hybridized carbons (Fsp3) is 0.250. The van der Waals surface area contributed by atoms with Gasteiger partial charge in [-0.15, -0.1) is 0 Å². The first-order chi connectivity index (χ1) is 9.34. The van der Waals surface area contributed by atoms with Crippen LogP contribution in [-0.4, -0.2) is 11.0 Å². The molecule has 0 N–H and O–H groups in total. The fourth-order valence-corrected chi connectivity index (χ4v) is 1.77. The quantitative estimate of drug-likeness (QED) is 0.744. The van der Waals surface area contributed by atoms with Crippen molar-refractivity contribution >= 4 is 5.97 Å². The first-order valence-electron chi connectivity index (χ1n) is 6.44. The first kappa shape index (κ1) is 13.3. The van der Waals surface area contributed by atoms with Gasteiger partial charge in [-0.1, -0.05) is 36.4 Å². The van der Waals surface area contributed by atoms with E-state index in [9.17, 15) is 4.79 Å². The van der Waals surface area contributed by atoms with Gasteiger partial charge >= 0.3 is 5.97 Å². The number of nitrogens with zero attached hydrogens (tertiary/aromatic N) is 1. The maximum Gasteiger partial charge on any atom is 0.306 e. The van der Waals surface area contributed by atoms with Crippen LogP contribution in [0.15, 0.2) is 54.7 Å². The van der Waals surface area contributed by atoms with E-state index in [1.807, 2.05) is 48.5 Å². The summed E-state index contributed by atoms with van der Waals surface area (Å²) in [5, 5.41) is 0. The number of pyridine rings is 1. The zero-order chi connectivity index (χ0) is 13.3. The van der Waals surface area contributed by atoms with Gasteiger partial charge in [-0.2, -0.15) is 0 Å². The van der Waals surface area contributed by atoms with Crippen LogP contribution < -0.4 is 0 Å². The van der Waals surface area contributed by atoms with Gasteiger partial charge in [-0.25, -0.2) is 0 Å². The van der Waals surface area contributed by atoms with Gasteiger partial charge < -0.3 is 4.74 Å². The summed E-state index contributed by atoms with van der Waals surface area (Å²) in [6.45, 7) is 0.350. The average Bonchev–Trinajstić information content (AvgIpc) is 2.47. The SMILES string of the molecule is O=C(CCCc1ccccn1)OCc1ccccc1. The normalized spacial score (nSPS) is 10.1. The Balaban J connectivity index is 1.65. The van der Waals surface area contributed by atoms with Crippen molar-refractivity contribution in [3.63, 3.8) is 0 Å². The predicted octanol–water partition coefficient (Wildman–Crippen LogP) is 3.15. The topological polar surface area (TPSA) is 39.2 Å². The van der Waals surface area contributed by atoms with Crippen molar-refractivity contribution in [3.05, 3.63) is 66.0 Å². The van der Waals surface area contributed by atoms with Crippen LogP contribution in [0.1, 0.15) is 24.1 Å². The van der Waals surface area contributed by atoms with Crippen molar-refractivity contribution < 1.29 is 9.53 Å². The average molecular weight is 255 g/mol. The summed E-state index contributed by atoms with van der Waals surface area (Å²) in [6.07, 6.45) is 3.78. The monoisotopic (exact) mass is 255 g/mol. The Hall–Kier alpha value is -2.16. The maximum atomic E-state index is 11.6. The molecule has 1 aromatic carbocycles. The molecule has 0 bridgehead atoms. The highest BCUT2D eigenvalue weighted by Gasteiger charge is 2.03. The lowest BCUT2D eigenvalue weighted by atomic mass is 10.2. The van der Waals surface area contributed by atoms with Crippen molar-refractivity contribution in [2.45, 2.75) is 25.9 Å². The van der Waals surface area contributed by atoms with Gasteiger partial charge in [0.15, 0.2) is 0 Å². The molecular weight excluding hydrogens is 238 g/mol. The van der Waals surface area contributed by atoms with E-state index in [0.717, 1.165) is 24.1 Å². The van der Waals surface area contributed by atoms with Gasteiger partial charge in [-0.3, -0.25) is 9.78 Å². The number of hydrogen-bond donors (Lipinski definition) is 0. The highest BCUT2D eigenvalue weighted by atomic mass is 16.5. The molecule has 2 aromatic rings. The lowest BCUT2D eigenvalue weighted by Gasteiger charge is -2.04. The Morgan fingerprint density at radius 2 is 1.84 bits per heavy atom. The molecule has 1 aromatic heterocycles. The Kier molecular flexibility index (Phi) is 5.11.